The number of nitrogens with one attached hydrogen (secondary N) is 1. The van der Waals surface area contributed by atoms with Crippen molar-refractivity contribution in [3.8, 4) is 5.75 Å². The zero-order valence-corrected chi connectivity index (χ0v) is 18.8. The molecule has 0 fully saturated rings. The standard InChI is InChI=1S/C22H22ClFN4O2S/c1-4-9-28-20(12-30-16-6-7-18(24)17(23)11-16)26-27-22(28)31-13-21(29)25-19-8-5-14(2)10-15(19)3/h4-8,10-11H,1,9,12-13H2,2-3H3,(H,25,29). The van der Waals surface area contributed by atoms with E-state index < -0.39 is 5.82 Å². The summed E-state index contributed by atoms with van der Waals surface area (Å²) in [5.41, 5.74) is 2.93. The lowest BCUT2D eigenvalue weighted by Crippen LogP contribution is -2.15. The van der Waals surface area contributed by atoms with Gasteiger partial charge in [0, 0.05) is 18.3 Å². The van der Waals surface area contributed by atoms with Crippen molar-refractivity contribution >= 4 is 35.0 Å². The molecule has 0 saturated heterocycles. The molecule has 31 heavy (non-hydrogen) atoms. The first-order chi connectivity index (χ1) is 14.9. The summed E-state index contributed by atoms with van der Waals surface area (Å²) >= 11 is 7.06. The topological polar surface area (TPSA) is 69.0 Å². The van der Waals surface area contributed by atoms with E-state index in [1.165, 1.54) is 30.0 Å². The monoisotopic (exact) mass is 460 g/mol. The molecule has 2 aromatic carbocycles. The first-order valence-corrected chi connectivity index (χ1v) is 10.8. The van der Waals surface area contributed by atoms with Gasteiger partial charge in [0.05, 0.1) is 10.8 Å². The van der Waals surface area contributed by atoms with Gasteiger partial charge >= 0.3 is 0 Å². The second-order valence-electron chi connectivity index (χ2n) is 6.82. The molecular formula is C22H22ClFN4O2S. The van der Waals surface area contributed by atoms with E-state index >= 15 is 0 Å². The molecule has 0 saturated carbocycles. The number of aromatic nitrogens is 3. The minimum absolute atomic E-state index is 0.0175. The number of benzene rings is 2. The predicted octanol–water partition coefficient (Wildman–Crippen LogP) is 5.18. The Bertz CT molecular complexity index is 1100. The number of carbonyl (C=O) groups is 1. The third kappa shape index (κ3) is 6.08. The Hall–Kier alpha value is -2.84. The Balaban J connectivity index is 1.63. The Morgan fingerprint density at radius 3 is 2.81 bits per heavy atom. The van der Waals surface area contributed by atoms with Crippen LogP contribution in [0.15, 0.2) is 54.2 Å². The highest BCUT2D eigenvalue weighted by Gasteiger charge is 2.15. The normalized spacial score (nSPS) is 10.7. The fourth-order valence-electron chi connectivity index (χ4n) is 2.83. The molecule has 0 aliphatic heterocycles. The zero-order chi connectivity index (χ0) is 22.4. The van der Waals surface area contributed by atoms with Gasteiger partial charge in [-0.3, -0.25) is 9.36 Å². The Morgan fingerprint density at radius 2 is 2.10 bits per heavy atom. The number of ether oxygens (including phenoxy) is 1. The van der Waals surface area contributed by atoms with Gasteiger partial charge < -0.3 is 10.1 Å². The lowest BCUT2D eigenvalue weighted by atomic mass is 10.1. The number of halogens is 2. The minimum Gasteiger partial charge on any atom is -0.486 e. The number of aryl methyl sites for hydroxylation is 2. The second-order valence-corrected chi connectivity index (χ2v) is 8.17. The highest BCUT2D eigenvalue weighted by Crippen LogP contribution is 2.23. The first kappa shape index (κ1) is 22.8. The maximum atomic E-state index is 13.3. The van der Waals surface area contributed by atoms with Crippen molar-refractivity contribution in [1.29, 1.82) is 0 Å². The fraction of sp³-hybridized carbons (Fsp3) is 0.227. The van der Waals surface area contributed by atoms with Gasteiger partial charge in [-0.1, -0.05) is 47.1 Å². The van der Waals surface area contributed by atoms with Gasteiger partial charge in [-0.2, -0.15) is 0 Å². The van der Waals surface area contributed by atoms with E-state index in [1.54, 1.807) is 6.08 Å². The lowest BCUT2D eigenvalue weighted by Gasteiger charge is -2.10. The van der Waals surface area contributed by atoms with Crippen LogP contribution < -0.4 is 10.1 Å². The molecule has 9 heteroatoms. The van der Waals surface area contributed by atoms with Gasteiger partial charge in [0.15, 0.2) is 11.0 Å². The lowest BCUT2D eigenvalue weighted by molar-refractivity contribution is -0.113. The molecule has 3 rings (SSSR count). The summed E-state index contributed by atoms with van der Waals surface area (Å²) in [7, 11) is 0. The molecule has 162 valence electrons. The number of rotatable bonds is 9. The molecule has 0 aliphatic rings. The van der Waals surface area contributed by atoms with Crippen molar-refractivity contribution < 1.29 is 13.9 Å². The van der Waals surface area contributed by atoms with Crippen molar-refractivity contribution in [1.82, 2.24) is 14.8 Å². The van der Waals surface area contributed by atoms with Crippen molar-refractivity contribution in [2.24, 2.45) is 0 Å². The largest absolute Gasteiger partial charge is 0.486 e. The van der Waals surface area contributed by atoms with Gasteiger partial charge in [0.1, 0.15) is 18.2 Å². The summed E-state index contributed by atoms with van der Waals surface area (Å²) in [6.07, 6.45) is 1.71. The number of anilines is 1. The molecule has 1 aromatic heterocycles. The van der Waals surface area contributed by atoms with Crippen LogP contribution in [0.4, 0.5) is 10.1 Å². The fourth-order valence-corrected chi connectivity index (χ4v) is 3.77. The zero-order valence-electron chi connectivity index (χ0n) is 17.2. The summed E-state index contributed by atoms with van der Waals surface area (Å²) in [4.78, 5) is 12.4. The van der Waals surface area contributed by atoms with E-state index in [4.69, 9.17) is 16.3 Å². The number of hydrogen-bond donors (Lipinski definition) is 1. The van der Waals surface area contributed by atoms with Gasteiger partial charge in [0.2, 0.25) is 5.91 Å². The maximum Gasteiger partial charge on any atom is 0.234 e. The van der Waals surface area contributed by atoms with E-state index in [9.17, 15) is 9.18 Å². The van der Waals surface area contributed by atoms with E-state index in [-0.39, 0.29) is 23.3 Å². The highest BCUT2D eigenvalue weighted by atomic mass is 35.5. The number of hydrogen-bond acceptors (Lipinski definition) is 5. The van der Waals surface area contributed by atoms with Crippen LogP contribution in [0.25, 0.3) is 0 Å². The van der Waals surface area contributed by atoms with Crippen LogP contribution in [0.5, 0.6) is 5.75 Å². The van der Waals surface area contributed by atoms with Gasteiger partial charge in [-0.05, 0) is 37.6 Å². The van der Waals surface area contributed by atoms with Crippen LogP contribution in [0.2, 0.25) is 5.02 Å². The van der Waals surface area contributed by atoms with Crippen LogP contribution in [0.1, 0.15) is 17.0 Å². The first-order valence-electron chi connectivity index (χ1n) is 9.48. The van der Waals surface area contributed by atoms with Crippen LogP contribution in [-0.2, 0) is 17.9 Å². The minimum atomic E-state index is -0.512. The molecule has 6 nitrogen and oxygen atoms in total. The average Bonchev–Trinajstić information content (AvgIpc) is 3.11. The van der Waals surface area contributed by atoms with E-state index in [2.05, 4.69) is 22.1 Å². The Labute approximate surface area is 189 Å². The summed E-state index contributed by atoms with van der Waals surface area (Å²) in [5, 5.41) is 11.8. The molecule has 0 bridgehead atoms. The molecule has 0 atom stereocenters. The second kappa shape index (κ2) is 10.5. The van der Waals surface area contributed by atoms with Gasteiger partial charge in [-0.25, -0.2) is 4.39 Å². The molecule has 1 heterocycles. The van der Waals surface area contributed by atoms with E-state index in [0.29, 0.717) is 23.3 Å². The average molecular weight is 461 g/mol. The predicted molar refractivity (Wildman–Crippen MR) is 121 cm³/mol. The SMILES string of the molecule is C=CCn1c(COc2ccc(F)c(Cl)c2)nnc1SCC(=O)Nc1ccc(C)cc1C. The molecule has 0 radical (unpaired) electrons. The van der Waals surface area contributed by atoms with Crippen molar-refractivity contribution in [2.75, 3.05) is 11.1 Å². The van der Waals surface area contributed by atoms with Crippen LogP contribution in [0, 0.1) is 19.7 Å². The number of allylic oxidation sites excluding steroid dienone is 1. The third-order valence-electron chi connectivity index (χ3n) is 4.35. The molecule has 0 aliphatic carbocycles. The molecule has 1 amide bonds. The summed E-state index contributed by atoms with van der Waals surface area (Å²) in [6, 6.07) is 9.99. The van der Waals surface area contributed by atoms with Crippen LogP contribution >= 0.6 is 23.4 Å². The Kier molecular flexibility index (Phi) is 7.70. The third-order valence-corrected chi connectivity index (χ3v) is 5.61. The smallest absolute Gasteiger partial charge is 0.234 e. The van der Waals surface area contributed by atoms with Crippen LogP contribution in [0.3, 0.4) is 0 Å². The highest BCUT2D eigenvalue weighted by molar-refractivity contribution is 7.99. The van der Waals surface area contributed by atoms with Gasteiger partial charge in [0.25, 0.3) is 0 Å². The maximum absolute atomic E-state index is 13.3. The number of nitrogens with zero attached hydrogens (tertiary/aromatic N) is 3. The summed E-state index contributed by atoms with van der Waals surface area (Å²) < 4.78 is 20.8. The number of amides is 1. The number of carbonyl (C=O) groups excluding carboxylic acids is 1. The molecule has 1 N–H and O–H groups in total. The van der Waals surface area contributed by atoms with Crippen LogP contribution in [-0.4, -0.2) is 26.4 Å². The molecular weight excluding hydrogens is 439 g/mol. The van der Waals surface area contributed by atoms with Gasteiger partial charge in [-0.15, -0.1) is 16.8 Å². The molecule has 0 unspecified atom stereocenters. The molecule has 0 spiro atoms. The summed E-state index contributed by atoms with van der Waals surface area (Å²) in [6.45, 7) is 8.29. The van der Waals surface area contributed by atoms with Crippen molar-refractivity contribution in [3.05, 3.63) is 76.8 Å². The Morgan fingerprint density at radius 1 is 1.29 bits per heavy atom. The van der Waals surface area contributed by atoms with Crippen molar-refractivity contribution in [2.45, 2.75) is 32.2 Å². The van der Waals surface area contributed by atoms with Crippen molar-refractivity contribution in [3.63, 3.8) is 0 Å². The molecule has 3 aromatic rings. The summed E-state index contributed by atoms with van der Waals surface area (Å²) in [5.74, 6) is 0.501. The van der Waals surface area contributed by atoms with E-state index in [0.717, 1.165) is 16.8 Å². The van der Waals surface area contributed by atoms with E-state index in [1.807, 2.05) is 36.6 Å². The quantitative estimate of drug-likeness (QED) is 0.352. The number of thioether (sulfide) groups is 1.